The second-order valence-corrected chi connectivity index (χ2v) is 4.63. The van der Waals surface area contributed by atoms with Crippen molar-refractivity contribution in [3.05, 3.63) is 57.6 Å². The highest BCUT2D eigenvalue weighted by molar-refractivity contribution is 6.21. The average molecular weight is 331 g/mol. The quantitative estimate of drug-likeness (QED) is 0.289. The number of hydrogen-bond donors (Lipinski definition) is 4. The van der Waals surface area contributed by atoms with Crippen LogP contribution in [0, 0.1) is 10.1 Å². The summed E-state index contributed by atoms with van der Waals surface area (Å²) in [6.07, 6.45) is 0. The molecule has 9 heteroatoms. The van der Waals surface area contributed by atoms with Gasteiger partial charge in [0.05, 0.1) is 22.1 Å². The molecule has 0 aliphatic carbocycles. The van der Waals surface area contributed by atoms with Crippen molar-refractivity contribution in [2.75, 3.05) is 12.4 Å². The zero-order valence-corrected chi connectivity index (χ0v) is 12.4. The Morgan fingerprint density at radius 1 is 1.04 bits per heavy atom. The van der Waals surface area contributed by atoms with Crippen LogP contribution in [-0.4, -0.2) is 34.1 Å². The van der Waals surface area contributed by atoms with Gasteiger partial charge in [-0.1, -0.05) is 0 Å². The maximum atomic E-state index is 11.6. The largest absolute Gasteiger partial charge is 0.508 e. The van der Waals surface area contributed by atoms with Gasteiger partial charge in [0, 0.05) is 12.8 Å². The number of phenols is 1. The van der Waals surface area contributed by atoms with Crippen molar-refractivity contribution in [2.24, 2.45) is 0 Å². The van der Waals surface area contributed by atoms with Crippen LogP contribution in [0.25, 0.3) is 0 Å². The molecule has 0 saturated heterocycles. The van der Waals surface area contributed by atoms with Crippen LogP contribution in [-0.2, 0) is 0 Å². The van der Waals surface area contributed by atoms with Gasteiger partial charge in [-0.2, -0.15) is 0 Å². The summed E-state index contributed by atoms with van der Waals surface area (Å²) in [6, 6.07) is 8.11. The van der Waals surface area contributed by atoms with Gasteiger partial charge >= 0.3 is 0 Å². The molecule has 24 heavy (non-hydrogen) atoms. The third-order valence-electron chi connectivity index (χ3n) is 3.19. The number of aromatic hydroxyl groups is 1. The summed E-state index contributed by atoms with van der Waals surface area (Å²) >= 11 is 0. The first-order valence-corrected chi connectivity index (χ1v) is 6.64. The molecular weight excluding hydrogens is 318 g/mol. The minimum absolute atomic E-state index is 0.160. The lowest BCUT2D eigenvalue weighted by Crippen LogP contribution is -2.19. The summed E-state index contributed by atoms with van der Waals surface area (Å²) in [7, 11) is 1.00. The second-order valence-electron chi connectivity index (χ2n) is 4.63. The Morgan fingerprint density at radius 2 is 1.71 bits per heavy atom. The molecule has 1 heterocycles. The molecule has 124 valence electrons. The van der Waals surface area contributed by atoms with Crippen LogP contribution in [0.2, 0.25) is 0 Å². The van der Waals surface area contributed by atoms with Gasteiger partial charge in [-0.15, -0.1) is 0 Å². The molecule has 1 aliphatic heterocycles. The number of imide groups is 1. The number of nitrogens with zero attached hydrogens (tertiary/aromatic N) is 1. The summed E-state index contributed by atoms with van der Waals surface area (Å²) in [5.74, 6) is -1.21. The molecule has 0 spiro atoms. The molecule has 1 aliphatic rings. The Morgan fingerprint density at radius 3 is 2.38 bits per heavy atom. The van der Waals surface area contributed by atoms with E-state index in [9.17, 15) is 24.8 Å². The van der Waals surface area contributed by atoms with Crippen LogP contribution in [0.4, 0.5) is 17.1 Å². The van der Waals surface area contributed by atoms with Crippen LogP contribution >= 0.6 is 0 Å². The zero-order valence-electron chi connectivity index (χ0n) is 12.4. The molecule has 0 aromatic heterocycles. The monoisotopic (exact) mass is 331 g/mol. The van der Waals surface area contributed by atoms with Gasteiger partial charge < -0.3 is 15.5 Å². The number of carbonyl (C=O) groups excluding carboxylic acids is 2. The van der Waals surface area contributed by atoms with Gasteiger partial charge in [-0.25, -0.2) is 0 Å². The van der Waals surface area contributed by atoms with Crippen LogP contribution in [0.1, 0.15) is 20.7 Å². The number of rotatable bonds is 3. The molecule has 2 amide bonds. The summed E-state index contributed by atoms with van der Waals surface area (Å²) in [4.78, 5) is 33.4. The molecule has 2 aromatic carbocycles. The third-order valence-corrected chi connectivity index (χ3v) is 3.19. The predicted molar refractivity (Wildman–Crippen MR) is 84.4 cm³/mol. The first-order chi connectivity index (χ1) is 11.5. The number of nitro groups is 1. The number of phenolic OH excluding ortho intramolecular Hbond substituents is 1. The number of aliphatic hydroxyl groups is 1. The SMILES string of the molecule is CO.O=C1NC(=O)c2cc(Nc3ccc(O)cc3[N+](=O)[O-])ccc21. The van der Waals surface area contributed by atoms with Crippen molar-refractivity contribution in [3.8, 4) is 5.75 Å². The van der Waals surface area contributed by atoms with Crippen LogP contribution < -0.4 is 10.6 Å². The highest BCUT2D eigenvalue weighted by atomic mass is 16.6. The van der Waals surface area contributed by atoms with Crippen molar-refractivity contribution < 1.29 is 24.7 Å². The smallest absolute Gasteiger partial charge is 0.296 e. The third kappa shape index (κ3) is 3.15. The van der Waals surface area contributed by atoms with Gasteiger partial charge in [0.1, 0.15) is 11.4 Å². The molecule has 9 nitrogen and oxygen atoms in total. The molecular formula is C15H13N3O6. The fraction of sp³-hybridized carbons (Fsp3) is 0.0667. The van der Waals surface area contributed by atoms with Crippen LogP contribution in [0.15, 0.2) is 36.4 Å². The van der Waals surface area contributed by atoms with E-state index in [0.717, 1.165) is 13.2 Å². The minimum atomic E-state index is -0.633. The number of aliphatic hydroxyl groups excluding tert-OH is 1. The lowest BCUT2D eigenvalue weighted by atomic mass is 10.1. The molecule has 2 aromatic rings. The molecule has 4 N–H and O–H groups in total. The van der Waals surface area contributed by atoms with E-state index < -0.39 is 16.7 Å². The Kier molecular flexibility index (Phi) is 4.76. The number of fused-ring (bicyclic) bond motifs is 1. The fourth-order valence-electron chi connectivity index (χ4n) is 2.18. The Labute approximate surface area is 135 Å². The number of carbonyl (C=O) groups is 2. The van der Waals surface area contributed by atoms with E-state index in [1.54, 1.807) is 0 Å². The van der Waals surface area contributed by atoms with Crippen molar-refractivity contribution in [2.45, 2.75) is 0 Å². The van der Waals surface area contributed by atoms with Crippen molar-refractivity contribution in [1.29, 1.82) is 0 Å². The number of amides is 2. The Bertz CT molecular complexity index is 834. The van der Waals surface area contributed by atoms with E-state index in [1.165, 1.54) is 30.3 Å². The highest BCUT2D eigenvalue weighted by Gasteiger charge is 2.27. The first kappa shape index (κ1) is 16.9. The summed E-state index contributed by atoms with van der Waals surface area (Å²) in [5.41, 5.74) is 0.734. The van der Waals surface area contributed by atoms with Crippen molar-refractivity contribution in [3.63, 3.8) is 0 Å². The first-order valence-electron chi connectivity index (χ1n) is 6.64. The number of hydrogen-bond acceptors (Lipinski definition) is 7. The van der Waals surface area contributed by atoms with E-state index in [0.29, 0.717) is 5.69 Å². The van der Waals surface area contributed by atoms with Gasteiger partial charge in [-0.05, 0) is 30.3 Å². The molecule has 0 atom stereocenters. The summed E-state index contributed by atoms with van der Waals surface area (Å²) in [6.45, 7) is 0. The van der Waals surface area contributed by atoms with Crippen LogP contribution in [0.5, 0.6) is 5.75 Å². The average Bonchev–Trinajstić information content (AvgIpc) is 2.85. The van der Waals surface area contributed by atoms with Gasteiger partial charge in [0.25, 0.3) is 17.5 Å². The number of anilines is 2. The lowest BCUT2D eigenvalue weighted by molar-refractivity contribution is -0.384. The molecule has 0 unspecified atom stereocenters. The molecule has 0 fully saturated rings. The molecule has 0 radical (unpaired) electrons. The molecule has 0 bridgehead atoms. The Hall–Kier alpha value is -3.46. The number of nitrogens with one attached hydrogen (secondary N) is 2. The number of nitro benzene ring substituents is 1. The van der Waals surface area contributed by atoms with Crippen LogP contribution in [0.3, 0.4) is 0 Å². The fourth-order valence-corrected chi connectivity index (χ4v) is 2.18. The number of benzene rings is 2. The maximum absolute atomic E-state index is 11.6. The highest BCUT2D eigenvalue weighted by Crippen LogP contribution is 2.31. The zero-order chi connectivity index (χ0) is 17.9. The van der Waals surface area contributed by atoms with E-state index in [2.05, 4.69) is 10.6 Å². The van der Waals surface area contributed by atoms with Gasteiger partial charge in [-0.3, -0.25) is 25.0 Å². The Balaban J connectivity index is 0.00000100. The van der Waals surface area contributed by atoms with E-state index in [1.807, 2.05) is 0 Å². The van der Waals surface area contributed by atoms with E-state index in [4.69, 9.17) is 5.11 Å². The van der Waals surface area contributed by atoms with Gasteiger partial charge in [0.2, 0.25) is 0 Å². The topological polar surface area (TPSA) is 142 Å². The standard InChI is InChI=1S/C14H9N3O5.CH4O/c18-8-2-4-11(12(6-8)17(21)22)15-7-1-3-9-10(5-7)14(20)16-13(9)19;1-2/h1-6,15,18H,(H,16,19,20);2H,1H3. The second kappa shape index (κ2) is 6.75. The van der Waals surface area contributed by atoms with Gasteiger partial charge in [0.15, 0.2) is 0 Å². The maximum Gasteiger partial charge on any atom is 0.296 e. The predicted octanol–water partition coefficient (Wildman–Crippen LogP) is 1.54. The molecule has 3 rings (SSSR count). The lowest BCUT2D eigenvalue weighted by Gasteiger charge is -2.08. The van der Waals surface area contributed by atoms with E-state index >= 15 is 0 Å². The summed E-state index contributed by atoms with van der Waals surface area (Å²) in [5, 5.41) is 32.3. The van der Waals surface area contributed by atoms with Crippen molar-refractivity contribution in [1.82, 2.24) is 5.32 Å². The molecule has 0 saturated carbocycles. The van der Waals surface area contributed by atoms with E-state index in [-0.39, 0.29) is 28.3 Å². The normalized spacial score (nSPS) is 11.9. The minimum Gasteiger partial charge on any atom is -0.508 e. The summed E-state index contributed by atoms with van der Waals surface area (Å²) < 4.78 is 0. The van der Waals surface area contributed by atoms with Crippen molar-refractivity contribution >= 4 is 28.9 Å².